The van der Waals surface area contributed by atoms with Gasteiger partial charge in [0.05, 0.1) is 22.5 Å². The zero-order valence-corrected chi connectivity index (χ0v) is 15.0. The van der Waals surface area contributed by atoms with E-state index < -0.39 is 0 Å². The number of hydrogen-bond acceptors (Lipinski definition) is 2. The van der Waals surface area contributed by atoms with Crippen molar-refractivity contribution < 1.29 is 9.59 Å². The van der Waals surface area contributed by atoms with Crippen LogP contribution in [0.3, 0.4) is 0 Å². The van der Waals surface area contributed by atoms with E-state index >= 15 is 0 Å². The van der Waals surface area contributed by atoms with Crippen molar-refractivity contribution in [1.29, 1.82) is 0 Å². The largest absolute Gasteiger partial charge is 0.326 e. The first kappa shape index (κ1) is 17.5. The summed E-state index contributed by atoms with van der Waals surface area (Å²) in [4.78, 5) is 24.8. The summed E-state index contributed by atoms with van der Waals surface area (Å²) in [5.41, 5.74) is 2.48. The normalized spacial score (nSPS) is 18.7. The number of benzene rings is 2. The van der Waals surface area contributed by atoms with E-state index in [1.54, 1.807) is 24.3 Å². The van der Waals surface area contributed by atoms with Crippen LogP contribution >= 0.6 is 11.6 Å². The molecule has 1 aliphatic rings. The molecule has 25 heavy (non-hydrogen) atoms. The molecule has 0 radical (unpaired) electrons. The lowest BCUT2D eigenvalue weighted by atomic mass is 10.0. The zero-order valence-electron chi connectivity index (χ0n) is 14.3. The van der Waals surface area contributed by atoms with Crippen LogP contribution in [0.25, 0.3) is 0 Å². The van der Waals surface area contributed by atoms with Gasteiger partial charge in [0.15, 0.2) is 0 Å². The molecule has 0 saturated heterocycles. The maximum absolute atomic E-state index is 12.5. The second kappa shape index (κ2) is 7.28. The molecule has 0 bridgehead atoms. The molecule has 2 unspecified atom stereocenters. The van der Waals surface area contributed by atoms with E-state index in [1.165, 1.54) is 0 Å². The molecule has 5 heteroatoms. The fraction of sp³-hybridized carbons (Fsp3) is 0.300. The molecule has 0 aliphatic heterocycles. The summed E-state index contributed by atoms with van der Waals surface area (Å²) < 4.78 is 0. The number of anilines is 2. The predicted octanol–water partition coefficient (Wildman–Crippen LogP) is 4.68. The molecule has 0 aromatic heterocycles. The van der Waals surface area contributed by atoms with Gasteiger partial charge in [0.25, 0.3) is 0 Å². The van der Waals surface area contributed by atoms with E-state index in [2.05, 4.69) is 24.5 Å². The highest BCUT2D eigenvalue weighted by molar-refractivity contribution is 6.33. The Hall–Kier alpha value is -2.33. The Morgan fingerprint density at radius 3 is 2.04 bits per heavy atom. The predicted molar refractivity (Wildman–Crippen MR) is 101 cm³/mol. The quantitative estimate of drug-likeness (QED) is 0.817. The number of carbonyl (C=O) groups excluding carboxylic acids is 2. The third-order valence-corrected chi connectivity index (χ3v) is 4.77. The maximum atomic E-state index is 12.5. The highest BCUT2D eigenvalue weighted by Gasteiger charge is 2.48. The number of halogens is 1. The molecule has 1 aliphatic carbocycles. The van der Waals surface area contributed by atoms with E-state index in [1.807, 2.05) is 24.3 Å². The second-order valence-corrected chi connectivity index (χ2v) is 7.06. The van der Waals surface area contributed by atoms with Gasteiger partial charge in [-0.2, -0.15) is 0 Å². The summed E-state index contributed by atoms with van der Waals surface area (Å²) in [7, 11) is 0. The van der Waals surface area contributed by atoms with Crippen LogP contribution < -0.4 is 10.6 Å². The molecule has 130 valence electrons. The molecular formula is C20H21ClN2O2. The number of para-hydroxylation sites is 2. The van der Waals surface area contributed by atoms with Gasteiger partial charge in [-0.1, -0.05) is 55.8 Å². The van der Waals surface area contributed by atoms with Gasteiger partial charge in [0.1, 0.15) is 0 Å². The summed E-state index contributed by atoms with van der Waals surface area (Å²) >= 11 is 6.05. The minimum atomic E-state index is -0.303. The highest BCUT2D eigenvalue weighted by atomic mass is 35.5. The molecule has 0 heterocycles. The molecule has 3 rings (SSSR count). The van der Waals surface area contributed by atoms with Crippen LogP contribution in [0.5, 0.6) is 0 Å². The molecule has 1 saturated carbocycles. The Balaban J connectivity index is 1.61. The Bertz CT molecular complexity index is 804. The van der Waals surface area contributed by atoms with Gasteiger partial charge in [-0.15, -0.1) is 0 Å². The third-order valence-electron chi connectivity index (χ3n) is 4.44. The summed E-state index contributed by atoms with van der Waals surface area (Å²) in [6.07, 6.45) is 0.561. The van der Waals surface area contributed by atoms with Gasteiger partial charge in [0, 0.05) is 5.69 Å². The first-order valence-electron chi connectivity index (χ1n) is 8.42. The molecule has 2 aromatic rings. The van der Waals surface area contributed by atoms with Crippen molar-refractivity contribution in [3.8, 4) is 0 Å². The minimum absolute atomic E-state index is 0.104. The molecule has 2 N–H and O–H groups in total. The van der Waals surface area contributed by atoms with Crippen molar-refractivity contribution in [3.05, 3.63) is 59.1 Å². The van der Waals surface area contributed by atoms with Crippen LogP contribution in [0.4, 0.5) is 11.4 Å². The van der Waals surface area contributed by atoms with Crippen molar-refractivity contribution in [2.45, 2.75) is 26.2 Å². The van der Waals surface area contributed by atoms with Crippen LogP contribution in [0.2, 0.25) is 5.02 Å². The van der Waals surface area contributed by atoms with E-state index in [-0.39, 0.29) is 23.7 Å². The fourth-order valence-electron chi connectivity index (χ4n) is 2.90. The third kappa shape index (κ3) is 4.02. The van der Waals surface area contributed by atoms with Gasteiger partial charge >= 0.3 is 0 Å². The monoisotopic (exact) mass is 356 g/mol. The standard InChI is InChI=1S/C20H21ClN2O2/c1-12(2)13-7-3-5-9-17(13)22-19(24)14-11-15(14)20(25)23-18-10-6-4-8-16(18)21/h3-10,12,14-15H,11H2,1-2H3,(H,22,24)(H,23,25). The van der Waals surface area contributed by atoms with Gasteiger partial charge in [-0.3, -0.25) is 9.59 Å². The number of nitrogens with one attached hydrogen (secondary N) is 2. The van der Waals surface area contributed by atoms with Crippen molar-refractivity contribution in [2.24, 2.45) is 11.8 Å². The smallest absolute Gasteiger partial charge is 0.228 e. The SMILES string of the molecule is CC(C)c1ccccc1NC(=O)C1CC1C(=O)Nc1ccccc1Cl. The topological polar surface area (TPSA) is 58.2 Å². The van der Waals surface area contributed by atoms with E-state index in [4.69, 9.17) is 11.6 Å². The van der Waals surface area contributed by atoms with E-state index in [0.29, 0.717) is 23.0 Å². The van der Waals surface area contributed by atoms with Crippen LogP contribution in [0.1, 0.15) is 31.7 Å². The number of amides is 2. The molecule has 4 nitrogen and oxygen atoms in total. The molecule has 2 aromatic carbocycles. The van der Waals surface area contributed by atoms with Gasteiger partial charge in [-0.05, 0) is 36.1 Å². The Kier molecular flexibility index (Phi) is 5.09. The summed E-state index contributed by atoms with van der Waals surface area (Å²) in [6, 6.07) is 14.8. The lowest BCUT2D eigenvalue weighted by molar-refractivity contribution is -0.122. The van der Waals surface area contributed by atoms with Gasteiger partial charge in [0.2, 0.25) is 11.8 Å². The summed E-state index contributed by atoms with van der Waals surface area (Å²) in [5.74, 6) is -0.544. The lowest BCUT2D eigenvalue weighted by Gasteiger charge is -2.13. The van der Waals surface area contributed by atoms with Gasteiger partial charge < -0.3 is 10.6 Å². The van der Waals surface area contributed by atoms with E-state index in [9.17, 15) is 9.59 Å². The summed E-state index contributed by atoms with van der Waals surface area (Å²) in [6.45, 7) is 4.17. The first-order valence-corrected chi connectivity index (χ1v) is 8.80. The highest BCUT2D eigenvalue weighted by Crippen LogP contribution is 2.41. The first-order chi connectivity index (χ1) is 12.0. The Morgan fingerprint density at radius 2 is 1.44 bits per heavy atom. The van der Waals surface area contributed by atoms with Gasteiger partial charge in [-0.25, -0.2) is 0 Å². The second-order valence-electron chi connectivity index (χ2n) is 6.65. The Morgan fingerprint density at radius 1 is 0.920 bits per heavy atom. The molecule has 0 spiro atoms. The van der Waals surface area contributed by atoms with Crippen LogP contribution in [-0.2, 0) is 9.59 Å². The molecule has 2 amide bonds. The summed E-state index contributed by atoms with van der Waals surface area (Å²) in [5, 5.41) is 6.26. The average molecular weight is 357 g/mol. The maximum Gasteiger partial charge on any atom is 0.228 e. The number of hydrogen-bond donors (Lipinski definition) is 2. The van der Waals surface area contributed by atoms with Crippen molar-refractivity contribution in [1.82, 2.24) is 0 Å². The molecule has 2 atom stereocenters. The van der Waals surface area contributed by atoms with Crippen molar-refractivity contribution >= 4 is 34.8 Å². The molecule has 1 fully saturated rings. The van der Waals surface area contributed by atoms with Crippen LogP contribution in [0.15, 0.2) is 48.5 Å². The fourth-order valence-corrected chi connectivity index (χ4v) is 3.09. The Labute approximate surface area is 152 Å². The lowest BCUT2D eigenvalue weighted by Crippen LogP contribution is -2.21. The average Bonchev–Trinajstić information content (AvgIpc) is 3.38. The zero-order chi connectivity index (χ0) is 18.0. The number of carbonyl (C=O) groups is 2. The van der Waals surface area contributed by atoms with Crippen LogP contribution in [-0.4, -0.2) is 11.8 Å². The van der Waals surface area contributed by atoms with E-state index in [0.717, 1.165) is 11.3 Å². The van der Waals surface area contributed by atoms with Crippen molar-refractivity contribution in [3.63, 3.8) is 0 Å². The number of rotatable bonds is 5. The van der Waals surface area contributed by atoms with Crippen molar-refractivity contribution in [2.75, 3.05) is 10.6 Å². The van der Waals surface area contributed by atoms with Crippen LogP contribution in [0, 0.1) is 11.8 Å². The molecular weight excluding hydrogens is 336 g/mol. The minimum Gasteiger partial charge on any atom is -0.326 e.